The predicted molar refractivity (Wildman–Crippen MR) is 47.9 cm³/mol. The lowest BCUT2D eigenvalue weighted by Gasteiger charge is -2.00. The van der Waals surface area contributed by atoms with E-state index in [0.717, 1.165) is 6.42 Å². The van der Waals surface area contributed by atoms with Gasteiger partial charge in [0.05, 0.1) is 12.3 Å². The largest absolute Gasteiger partial charge is 0.393 e. The van der Waals surface area contributed by atoms with Crippen molar-refractivity contribution >= 4 is 11.9 Å². The zero-order valence-electron chi connectivity index (χ0n) is 8.00. The minimum absolute atomic E-state index is 0.242. The van der Waals surface area contributed by atoms with Crippen LogP contribution in [0.5, 0.6) is 0 Å². The van der Waals surface area contributed by atoms with Crippen molar-refractivity contribution in [2.75, 3.05) is 0 Å². The zero-order chi connectivity index (χ0) is 9.84. The van der Waals surface area contributed by atoms with Crippen LogP contribution in [-0.2, 0) is 14.3 Å². The zero-order valence-corrected chi connectivity index (χ0v) is 8.00. The molecule has 3 heteroatoms. The Balaban J connectivity index is 2.46. The van der Waals surface area contributed by atoms with E-state index in [1.54, 1.807) is 0 Å². The highest BCUT2D eigenvalue weighted by Gasteiger charge is 2.32. The van der Waals surface area contributed by atoms with Gasteiger partial charge < -0.3 is 4.74 Å². The SMILES string of the molecule is CCC(C)=CCC1CC(=O)OC1=O. The Morgan fingerprint density at radius 3 is 2.77 bits per heavy atom. The summed E-state index contributed by atoms with van der Waals surface area (Å²) in [5, 5.41) is 0. The lowest BCUT2D eigenvalue weighted by Crippen LogP contribution is -2.06. The number of carbonyl (C=O) groups excluding carboxylic acids is 2. The Morgan fingerprint density at radius 2 is 2.31 bits per heavy atom. The molecule has 0 aromatic heterocycles. The van der Waals surface area contributed by atoms with Gasteiger partial charge in [0.1, 0.15) is 0 Å². The fourth-order valence-corrected chi connectivity index (χ4v) is 1.19. The Labute approximate surface area is 77.8 Å². The minimum atomic E-state index is -0.391. The summed E-state index contributed by atoms with van der Waals surface area (Å²) in [7, 11) is 0. The van der Waals surface area contributed by atoms with Gasteiger partial charge in [0.2, 0.25) is 0 Å². The maximum Gasteiger partial charge on any atom is 0.317 e. The highest BCUT2D eigenvalue weighted by molar-refractivity contribution is 5.94. The average Bonchev–Trinajstić information content (AvgIpc) is 2.41. The Hall–Kier alpha value is -1.12. The quantitative estimate of drug-likeness (QED) is 0.380. The molecule has 0 N–H and O–H groups in total. The fourth-order valence-electron chi connectivity index (χ4n) is 1.19. The van der Waals surface area contributed by atoms with E-state index >= 15 is 0 Å². The molecule has 0 bridgehead atoms. The molecular formula is C10H14O3. The Morgan fingerprint density at radius 1 is 1.62 bits per heavy atom. The summed E-state index contributed by atoms with van der Waals surface area (Å²) in [5.41, 5.74) is 1.24. The van der Waals surface area contributed by atoms with Crippen molar-refractivity contribution in [3.63, 3.8) is 0 Å². The molecule has 0 aromatic carbocycles. The molecule has 1 rings (SSSR count). The number of cyclic esters (lactones) is 2. The summed E-state index contributed by atoms with van der Waals surface area (Å²) in [4.78, 5) is 21.7. The molecule has 0 aliphatic carbocycles. The van der Waals surface area contributed by atoms with Gasteiger partial charge in [-0.05, 0) is 19.8 Å². The van der Waals surface area contributed by atoms with Crippen LogP contribution in [0.15, 0.2) is 11.6 Å². The van der Waals surface area contributed by atoms with Crippen molar-refractivity contribution < 1.29 is 14.3 Å². The lowest BCUT2D eigenvalue weighted by atomic mass is 10.0. The second kappa shape index (κ2) is 4.21. The third-order valence-corrected chi connectivity index (χ3v) is 2.27. The first-order valence-corrected chi connectivity index (χ1v) is 4.53. The molecule has 1 saturated heterocycles. The Bertz CT molecular complexity index is 253. The van der Waals surface area contributed by atoms with Gasteiger partial charge in [0.25, 0.3) is 0 Å². The molecule has 72 valence electrons. The maximum absolute atomic E-state index is 11.0. The van der Waals surface area contributed by atoms with Crippen LogP contribution in [0.3, 0.4) is 0 Å². The van der Waals surface area contributed by atoms with Crippen LogP contribution in [0.4, 0.5) is 0 Å². The highest BCUT2D eigenvalue weighted by Crippen LogP contribution is 2.20. The van der Waals surface area contributed by atoms with E-state index in [0.29, 0.717) is 6.42 Å². The van der Waals surface area contributed by atoms with Crippen LogP contribution in [-0.4, -0.2) is 11.9 Å². The van der Waals surface area contributed by atoms with Crippen LogP contribution in [0.2, 0.25) is 0 Å². The summed E-state index contributed by atoms with van der Waals surface area (Å²) in [6, 6.07) is 0. The molecule has 1 fully saturated rings. The molecule has 1 atom stereocenters. The van der Waals surface area contributed by atoms with Gasteiger partial charge in [-0.2, -0.15) is 0 Å². The van der Waals surface area contributed by atoms with Gasteiger partial charge in [0.15, 0.2) is 0 Å². The third kappa shape index (κ3) is 2.68. The van der Waals surface area contributed by atoms with E-state index < -0.39 is 5.97 Å². The first kappa shape index (κ1) is 9.96. The summed E-state index contributed by atoms with van der Waals surface area (Å²) < 4.78 is 4.43. The van der Waals surface area contributed by atoms with E-state index in [9.17, 15) is 9.59 Å². The maximum atomic E-state index is 11.0. The number of ether oxygens (including phenoxy) is 1. The number of carbonyl (C=O) groups is 2. The van der Waals surface area contributed by atoms with Crippen molar-refractivity contribution in [1.82, 2.24) is 0 Å². The molecule has 1 aliphatic rings. The van der Waals surface area contributed by atoms with E-state index in [1.807, 2.05) is 13.0 Å². The topological polar surface area (TPSA) is 43.4 Å². The number of hydrogen-bond acceptors (Lipinski definition) is 3. The van der Waals surface area contributed by atoms with Crippen LogP contribution in [0.1, 0.15) is 33.1 Å². The van der Waals surface area contributed by atoms with Gasteiger partial charge in [-0.3, -0.25) is 9.59 Å². The standard InChI is InChI=1S/C10H14O3/c1-3-7(2)4-5-8-6-9(11)13-10(8)12/h4,8H,3,5-6H2,1-2H3. The second-order valence-electron chi connectivity index (χ2n) is 3.33. The van der Waals surface area contributed by atoms with Gasteiger partial charge in [0, 0.05) is 0 Å². The smallest absolute Gasteiger partial charge is 0.317 e. The van der Waals surface area contributed by atoms with Crippen LogP contribution in [0, 0.1) is 5.92 Å². The molecule has 13 heavy (non-hydrogen) atoms. The molecule has 3 nitrogen and oxygen atoms in total. The van der Waals surface area contributed by atoms with E-state index in [2.05, 4.69) is 11.7 Å². The number of esters is 2. The van der Waals surface area contributed by atoms with E-state index in [4.69, 9.17) is 0 Å². The monoisotopic (exact) mass is 182 g/mol. The molecule has 0 amide bonds. The van der Waals surface area contributed by atoms with Gasteiger partial charge in [-0.15, -0.1) is 0 Å². The number of hydrogen-bond donors (Lipinski definition) is 0. The van der Waals surface area contributed by atoms with Crippen molar-refractivity contribution in [3.8, 4) is 0 Å². The summed E-state index contributed by atoms with van der Waals surface area (Å²) in [6.45, 7) is 4.08. The molecular weight excluding hydrogens is 168 g/mol. The van der Waals surface area contributed by atoms with Crippen molar-refractivity contribution in [2.45, 2.75) is 33.1 Å². The second-order valence-corrected chi connectivity index (χ2v) is 3.33. The number of rotatable bonds is 3. The minimum Gasteiger partial charge on any atom is -0.393 e. The van der Waals surface area contributed by atoms with E-state index in [1.165, 1.54) is 5.57 Å². The summed E-state index contributed by atoms with van der Waals surface area (Å²) in [6.07, 6.45) is 3.86. The highest BCUT2D eigenvalue weighted by atomic mass is 16.6. The summed E-state index contributed by atoms with van der Waals surface area (Å²) >= 11 is 0. The molecule has 0 aromatic rings. The average molecular weight is 182 g/mol. The van der Waals surface area contributed by atoms with Crippen LogP contribution >= 0.6 is 0 Å². The van der Waals surface area contributed by atoms with Gasteiger partial charge in [-0.1, -0.05) is 18.6 Å². The molecule has 1 heterocycles. The molecule has 0 radical (unpaired) electrons. The lowest BCUT2D eigenvalue weighted by molar-refractivity contribution is -0.153. The van der Waals surface area contributed by atoms with Crippen LogP contribution < -0.4 is 0 Å². The van der Waals surface area contributed by atoms with Gasteiger partial charge >= 0.3 is 11.9 Å². The molecule has 1 aliphatic heterocycles. The van der Waals surface area contributed by atoms with E-state index in [-0.39, 0.29) is 18.3 Å². The normalized spacial score (nSPS) is 23.5. The third-order valence-electron chi connectivity index (χ3n) is 2.27. The molecule has 0 spiro atoms. The number of allylic oxidation sites excluding steroid dienone is 2. The Kier molecular flexibility index (Phi) is 3.23. The first-order chi connectivity index (χ1) is 6.13. The van der Waals surface area contributed by atoms with Crippen LogP contribution in [0.25, 0.3) is 0 Å². The fraction of sp³-hybridized carbons (Fsp3) is 0.600. The first-order valence-electron chi connectivity index (χ1n) is 4.53. The predicted octanol–water partition coefficient (Wildman–Crippen LogP) is 1.82. The molecule has 1 unspecified atom stereocenters. The summed E-state index contributed by atoms with van der Waals surface area (Å²) in [5.74, 6) is -1.00. The van der Waals surface area contributed by atoms with Gasteiger partial charge in [-0.25, -0.2) is 0 Å². The van der Waals surface area contributed by atoms with Crippen molar-refractivity contribution in [2.24, 2.45) is 5.92 Å². The molecule has 0 saturated carbocycles. The van der Waals surface area contributed by atoms with Crippen molar-refractivity contribution in [1.29, 1.82) is 0 Å². The van der Waals surface area contributed by atoms with Crippen molar-refractivity contribution in [3.05, 3.63) is 11.6 Å².